The molecule has 1 unspecified atom stereocenters. The average Bonchev–Trinajstić information content (AvgIpc) is 2.46. The van der Waals surface area contributed by atoms with E-state index in [0.717, 1.165) is 5.56 Å². The van der Waals surface area contributed by atoms with Gasteiger partial charge in [-0.25, -0.2) is 8.42 Å². The van der Waals surface area contributed by atoms with E-state index in [9.17, 15) is 13.2 Å². The molecule has 1 aliphatic heterocycles. The van der Waals surface area contributed by atoms with Gasteiger partial charge in [0, 0.05) is 13.0 Å². The molecule has 6 heteroatoms. The maximum absolute atomic E-state index is 12.2. The quantitative estimate of drug-likeness (QED) is 0.843. The molecular formula is C15H21NO4S. The van der Waals surface area contributed by atoms with Gasteiger partial charge in [0.2, 0.25) is 5.91 Å². The summed E-state index contributed by atoms with van der Waals surface area (Å²) in [5.74, 6) is -0.277. The zero-order valence-corrected chi connectivity index (χ0v) is 13.2. The Labute approximate surface area is 125 Å². The molecule has 0 spiro atoms. The van der Waals surface area contributed by atoms with Crippen molar-refractivity contribution in [3.05, 3.63) is 29.8 Å². The fraction of sp³-hybridized carbons (Fsp3) is 0.533. The maximum Gasteiger partial charge on any atom is 0.224 e. The first-order valence-electron chi connectivity index (χ1n) is 7.07. The molecule has 1 fully saturated rings. The predicted octanol–water partition coefficient (Wildman–Crippen LogP) is 1.41. The predicted molar refractivity (Wildman–Crippen MR) is 79.8 cm³/mol. The lowest BCUT2D eigenvalue weighted by Gasteiger charge is -2.33. The van der Waals surface area contributed by atoms with Gasteiger partial charge in [0.15, 0.2) is 9.84 Å². The minimum absolute atomic E-state index is 0.00771. The molecule has 5 nitrogen and oxygen atoms in total. The first kappa shape index (κ1) is 16.0. The summed E-state index contributed by atoms with van der Waals surface area (Å²) in [5.41, 5.74) is 1.01. The Kier molecular flexibility index (Phi) is 5.00. The second-order valence-corrected chi connectivity index (χ2v) is 7.50. The first-order valence-corrected chi connectivity index (χ1v) is 8.72. The SMILES string of the molecule is Cc1ccc(S(=O)(=O)CCC(=O)N2CCOCC2C)cc1. The van der Waals surface area contributed by atoms with E-state index in [1.807, 2.05) is 13.8 Å². The minimum Gasteiger partial charge on any atom is -0.377 e. The number of ether oxygens (including phenoxy) is 1. The van der Waals surface area contributed by atoms with E-state index in [-0.39, 0.29) is 29.0 Å². The number of carbonyl (C=O) groups is 1. The van der Waals surface area contributed by atoms with Crippen molar-refractivity contribution in [2.45, 2.75) is 31.2 Å². The summed E-state index contributed by atoms with van der Waals surface area (Å²) < 4.78 is 29.7. The number of rotatable bonds is 4. The van der Waals surface area contributed by atoms with Crippen molar-refractivity contribution < 1.29 is 17.9 Å². The number of carbonyl (C=O) groups excluding carboxylic acids is 1. The average molecular weight is 311 g/mol. The van der Waals surface area contributed by atoms with Gasteiger partial charge in [-0.2, -0.15) is 0 Å². The topological polar surface area (TPSA) is 63.7 Å². The van der Waals surface area contributed by atoms with E-state index >= 15 is 0 Å². The lowest BCUT2D eigenvalue weighted by Crippen LogP contribution is -2.47. The van der Waals surface area contributed by atoms with Crippen molar-refractivity contribution >= 4 is 15.7 Å². The Morgan fingerprint density at radius 1 is 1.33 bits per heavy atom. The van der Waals surface area contributed by atoms with Crippen LogP contribution in [-0.4, -0.2) is 50.8 Å². The number of hydrogen-bond donors (Lipinski definition) is 0. The van der Waals surface area contributed by atoms with Gasteiger partial charge in [-0.05, 0) is 26.0 Å². The van der Waals surface area contributed by atoms with E-state index in [0.29, 0.717) is 19.8 Å². The molecule has 1 saturated heterocycles. The molecule has 0 aromatic heterocycles. The van der Waals surface area contributed by atoms with Crippen molar-refractivity contribution in [2.24, 2.45) is 0 Å². The van der Waals surface area contributed by atoms with Gasteiger partial charge >= 0.3 is 0 Å². The molecule has 1 aromatic carbocycles. The van der Waals surface area contributed by atoms with Crippen molar-refractivity contribution in [1.29, 1.82) is 0 Å². The van der Waals surface area contributed by atoms with Gasteiger partial charge in [-0.1, -0.05) is 17.7 Å². The molecule has 0 N–H and O–H groups in total. The Balaban J connectivity index is 1.98. The van der Waals surface area contributed by atoms with Gasteiger partial charge in [0.25, 0.3) is 0 Å². The summed E-state index contributed by atoms with van der Waals surface area (Å²) in [6.45, 7) is 5.37. The van der Waals surface area contributed by atoms with Gasteiger partial charge < -0.3 is 9.64 Å². The third-order valence-electron chi connectivity index (χ3n) is 3.65. The Morgan fingerprint density at radius 3 is 2.62 bits per heavy atom. The normalized spacial score (nSPS) is 19.5. The Bertz CT molecular complexity index is 595. The fourth-order valence-corrected chi connectivity index (χ4v) is 3.56. The number of nitrogens with zero attached hydrogens (tertiary/aromatic N) is 1. The Morgan fingerprint density at radius 2 is 2.00 bits per heavy atom. The van der Waals surface area contributed by atoms with Crippen molar-refractivity contribution in [3.63, 3.8) is 0 Å². The molecular weight excluding hydrogens is 290 g/mol. The third kappa shape index (κ3) is 4.04. The minimum atomic E-state index is -3.41. The van der Waals surface area contributed by atoms with Gasteiger partial charge in [-0.3, -0.25) is 4.79 Å². The number of amides is 1. The van der Waals surface area contributed by atoms with E-state index < -0.39 is 9.84 Å². The summed E-state index contributed by atoms with van der Waals surface area (Å²) >= 11 is 0. The van der Waals surface area contributed by atoms with Crippen molar-refractivity contribution in [3.8, 4) is 0 Å². The van der Waals surface area contributed by atoms with Crippen LogP contribution in [0.5, 0.6) is 0 Å². The van der Waals surface area contributed by atoms with Crippen LogP contribution >= 0.6 is 0 Å². The molecule has 2 rings (SSSR count). The van der Waals surface area contributed by atoms with Crippen LogP contribution in [0.2, 0.25) is 0 Å². The zero-order valence-electron chi connectivity index (χ0n) is 12.4. The van der Waals surface area contributed by atoms with E-state index in [1.54, 1.807) is 29.2 Å². The molecule has 1 atom stereocenters. The van der Waals surface area contributed by atoms with Gasteiger partial charge in [0.05, 0.1) is 29.9 Å². The van der Waals surface area contributed by atoms with E-state index in [4.69, 9.17) is 4.74 Å². The third-order valence-corrected chi connectivity index (χ3v) is 5.38. The fourth-order valence-electron chi connectivity index (χ4n) is 2.33. The van der Waals surface area contributed by atoms with Crippen molar-refractivity contribution in [2.75, 3.05) is 25.5 Å². The Hall–Kier alpha value is -1.40. The largest absolute Gasteiger partial charge is 0.377 e. The number of hydrogen-bond acceptors (Lipinski definition) is 4. The van der Waals surface area contributed by atoms with E-state index in [1.165, 1.54) is 0 Å². The van der Waals surface area contributed by atoms with Crippen LogP contribution in [0.3, 0.4) is 0 Å². The molecule has 0 radical (unpaired) electrons. The molecule has 1 heterocycles. The summed E-state index contributed by atoms with van der Waals surface area (Å²) in [7, 11) is -3.41. The second-order valence-electron chi connectivity index (χ2n) is 5.39. The highest BCUT2D eigenvalue weighted by Crippen LogP contribution is 2.15. The van der Waals surface area contributed by atoms with Crippen LogP contribution in [0.1, 0.15) is 18.9 Å². The number of benzene rings is 1. The van der Waals surface area contributed by atoms with Crippen LogP contribution in [0.15, 0.2) is 29.2 Å². The number of aryl methyl sites for hydroxylation is 1. The molecule has 0 bridgehead atoms. The monoisotopic (exact) mass is 311 g/mol. The second kappa shape index (κ2) is 6.58. The zero-order chi connectivity index (χ0) is 15.5. The summed E-state index contributed by atoms with van der Waals surface area (Å²) in [6.07, 6.45) is 0.0144. The van der Waals surface area contributed by atoms with Crippen LogP contribution in [-0.2, 0) is 19.4 Å². The van der Waals surface area contributed by atoms with Crippen LogP contribution < -0.4 is 0 Å². The lowest BCUT2D eigenvalue weighted by molar-refractivity contribution is -0.138. The molecule has 21 heavy (non-hydrogen) atoms. The number of sulfone groups is 1. The molecule has 1 aromatic rings. The van der Waals surface area contributed by atoms with Crippen LogP contribution in [0.4, 0.5) is 0 Å². The summed E-state index contributed by atoms with van der Waals surface area (Å²) in [6, 6.07) is 6.71. The van der Waals surface area contributed by atoms with Crippen LogP contribution in [0.25, 0.3) is 0 Å². The maximum atomic E-state index is 12.2. The highest BCUT2D eigenvalue weighted by atomic mass is 32.2. The highest BCUT2D eigenvalue weighted by molar-refractivity contribution is 7.91. The first-order chi connectivity index (χ1) is 9.90. The number of morpholine rings is 1. The van der Waals surface area contributed by atoms with Crippen molar-refractivity contribution in [1.82, 2.24) is 4.90 Å². The van der Waals surface area contributed by atoms with E-state index in [2.05, 4.69) is 0 Å². The summed E-state index contributed by atoms with van der Waals surface area (Å²) in [4.78, 5) is 14.1. The smallest absolute Gasteiger partial charge is 0.224 e. The molecule has 116 valence electrons. The van der Waals surface area contributed by atoms with Crippen LogP contribution in [0, 0.1) is 6.92 Å². The molecule has 0 aliphatic carbocycles. The highest BCUT2D eigenvalue weighted by Gasteiger charge is 2.25. The lowest BCUT2D eigenvalue weighted by atomic mass is 10.2. The standard InChI is InChI=1S/C15H21NO4S/c1-12-3-5-14(6-4-12)21(18,19)10-7-15(17)16-8-9-20-11-13(16)2/h3-6,13H,7-11H2,1-2H3. The molecule has 1 aliphatic rings. The molecule has 1 amide bonds. The van der Waals surface area contributed by atoms with Gasteiger partial charge in [-0.15, -0.1) is 0 Å². The van der Waals surface area contributed by atoms with Gasteiger partial charge in [0.1, 0.15) is 0 Å². The molecule has 0 saturated carbocycles. The summed E-state index contributed by atoms with van der Waals surface area (Å²) in [5, 5.41) is 0.